The van der Waals surface area contributed by atoms with Crippen LogP contribution in [0.2, 0.25) is 0 Å². The molecule has 2 atom stereocenters. The third-order valence-corrected chi connectivity index (χ3v) is 13.8. The summed E-state index contributed by atoms with van der Waals surface area (Å²) in [4.78, 5) is 40.2. The molecule has 4 aromatic rings. The first-order valence-corrected chi connectivity index (χ1v) is 17.3. The Balaban J connectivity index is 0.00000400. The van der Waals surface area contributed by atoms with Crippen LogP contribution in [0.4, 0.5) is 0 Å². The molecule has 1 saturated heterocycles. The molecule has 0 radical (unpaired) electrons. The Morgan fingerprint density at radius 3 is 1.91 bits per heavy atom. The molecule has 4 aromatic carbocycles. The molecule has 1 unspecified atom stereocenters. The molecular weight excluding hydrogens is 718 g/mol. The fraction of sp³-hybridized carbons (Fsp3) is 0.171. The Labute approximate surface area is 284 Å². The van der Waals surface area contributed by atoms with E-state index >= 15 is 0 Å². The SMILES string of the molecule is COc1ccc(COC(=O)C2=C(C[P+](c3ccccc3)(c3ccccc3)c3ccccc3)CS[C@H]3C(NC=O)C(=O)N23)cc1.[I-]. The van der Waals surface area contributed by atoms with Crippen molar-refractivity contribution in [3.8, 4) is 5.75 Å². The number of amides is 2. The molecule has 0 spiro atoms. The second-order valence-electron chi connectivity index (χ2n) is 10.5. The van der Waals surface area contributed by atoms with Gasteiger partial charge in [-0.3, -0.25) is 14.5 Å². The number of hydrogen-bond donors (Lipinski definition) is 1. The highest BCUT2D eigenvalue weighted by molar-refractivity contribution is 8.00. The summed E-state index contributed by atoms with van der Waals surface area (Å²) < 4.78 is 11.1. The van der Waals surface area contributed by atoms with Crippen LogP contribution < -0.4 is 49.9 Å². The van der Waals surface area contributed by atoms with Gasteiger partial charge in [0.15, 0.2) is 0 Å². The summed E-state index contributed by atoms with van der Waals surface area (Å²) in [6.45, 7) is 0.0474. The number of carbonyl (C=O) groups is 3. The zero-order chi connectivity index (χ0) is 30.5. The Morgan fingerprint density at radius 1 is 0.889 bits per heavy atom. The molecule has 45 heavy (non-hydrogen) atoms. The van der Waals surface area contributed by atoms with Crippen LogP contribution in [0.1, 0.15) is 5.56 Å². The van der Waals surface area contributed by atoms with E-state index in [0.717, 1.165) is 11.1 Å². The van der Waals surface area contributed by atoms with E-state index in [2.05, 4.69) is 78.1 Å². The normalized spacial score (nSPS) is 17.4. The maximum Gasteiger partial charge on any atom is 0.355 e. The van der Waals surface area contributed by atoms with Gasteiger partial charge in [0.1, 0.15) is 52.6 Å². The quantitative estimate of drug-likeness (QED) is 0.0812. The Hall–Kier alpha value is -3.66. The van der Waals surface area contributed by atoms with Gasteiger partial charge in [0.25, 0.3) is 5.91 Å². The van der Waals surface area contributed by atoms with Crippen LogP contribution in [0, 0.1) is 0 Å². The lowest BCUT2D eigenvalue weighted by atomic mass is 10.0. The third kappa shape index (κ3) is 6.39. The van der Waals surface area contributed by atoms with Crippen LogP contribution in [0.15, 0.2) is 127 Å². The van der Waals surface area contributed by atoms with E-state index in [4.69, 9.17) is 9.47 Å². The first-order chi connectivity index (χ1) is 21.6. The second-order valence-corrected chi connectivity index (χ2v) is 15.1. The molecule has 1 N–H and O–H groups in total. The second kappa shape index (κ2) is 14.6. The predicted molar refractivity (Wildman–Crippen MR) is 176 cm³/mol. The van der Waals surface area contributed by atoms with Gasteiger partial charge in [0, 0.05) is 11.3 Å². The maximum atomic E-state index is 14.0. The average molecular weight is 751 g/mol. The van der Waals surface area contributed by atoms with Gasteiger partial charge in [-0.15, -0.1) is 11.8 Å². The third-order valence-electron chi connectivity index (χ3n) is 8.04. The van der Waals surface area contributed by atoms with Crippen molar-refractivity contribution in [1.29, 1.82) is 0 Å². The molecule has 0 saturated carbocycles. The number of nitrogens with zero attached hydrogens (tertiary/aromatic N) is 1. The molecule has 2 aliphatic rings. The van der Waals surface area contributed by atoms with Crippen LogP contribution in [-0.4, -0.2) is 53.6 Å². The Morgan fingerprint density at radius 2 is 1.42 bits per heavy atom. The number of β-lactam (4-membered cyclic amide) rings is 1. The largest absolute Gasteiger partial charge is 1.00 e. The van der Waals surface area contributed by atoms with Gasteiger partial charge in [-0.05, 0) is 54.1 Å². The molecular formula is C35H32IN2O5PS. The molecule has 230 valence electrons. The summed E-state index contributed by atoms with van der Waals surface area (Å²) >= 11 is 1.56. The minimum Gasteiger partial charge on any atom is -1.00 e. The zero-order valence-electron chi connectivity index (χ0n) is 24.5. The molecule has 0 aromatic heterocycles. The van der Waals surface area contributed by atoms with E-state index in [1.807, 2.05) is 42.5 Å². The molecule has 0 bridgehead atoms. The van der Waals surface area contributed by atoms with E-state index < -0.39 is 19.3 Å². The van der Waals surface area contributed by atoms with Crippen molar-refractivity contribution >= 4 is 53.2 Å². The summed E-state index contributed by atoms with van der Waals surface area (Å²) in [7, 11) is -0.760. The number of halogens is 1. The Bertz CT molecular complexity index is 1580. The molecule has 1 fully saturated rings. The number of ether oxygens (including phenoxy) is 2. The number of methoxy groups -OCH3 is 1. The van der Waals surface area contributed by atoms with Crippen LogP contribution in [-0.2, 0) is 25.7 Å². The fourth-order valence-electron chi connectivity index (χ4n) is 5.88. The van der Waals surface area contributed by atoms with Crippen molar-refractivity contribution in [2.45, 2.75) is 18.0 Å². The molecule has 0 aliphatic carbocycles. The van der Waals surface area contributed by atoms with Crippen molar-refractivity contribution in [2.75, 3.05) is 19.0 Å². The summed E-state index contributed by atoms with van der Waals surface area (Å²) in [6.07, 6.45) is 1.09. The number of nitrogens with one attached hydrogen (secondary N) is 1. The van der Waals surface area contributed by atoms with Gasteiger partial charge in [-0.1, -0.05) is 66.7 Å². The molecule has 2 heterocycles. The molecule has 7 nitrogen and oxygen atoms in total. The van der Waals surface area contributed by atoms with Crippen LogP contribution in [0.5, 0.6) is 5.75 Å². The lowest BCUT2D eigenvalue weighted by molar-refractivity contribution is -0.152. The summed E-state index contributed by atoms with van der Waals surface area (Å²) in [5, 5.41) is 5.79. The van der Waals surface area contributed by atoms with Crippen molar-refractivity contribution in [3.05, 3.63) is 132 Å². The lowest BCUT2D eigenvalue weighted by Crippen LogP contribution is -3.00. The highest BCUT2D eigenvalue weighted by Gasteiger charge is 2.56. The average Bonchev–Trinajstić information content (AvgIpc) is 3.09. The van der Waals surface area contributed by atoms with Crippen molar-refractivity contribution in [2.24, 2.45) is 0 Å². The minimum absolute atomic E-state index is 0. The van der Waals surface area contributed by atoms with Crippen molar-refractivity contribution < 1.29 is 47.8 Å². The van der Waals surface area contributed by atoms with E-state index in [-0.39, 0.29) is 47.6 Å². The number of benzene rings is 4. The fourth-order valence-corrected chi connectivity index (χ4v) is 11.7. The van der Waals surface area contributed by atoms with Gasteiger partial charge in [-0.25, -0.2) is 4.79 Å². The van der Waals surface area contributed by atoms with Crippen molar-refractivity contribution in [3.63, 3.8) is 0 Å². The number of carbonyl (C=O) groups excluding carboxylic acids is 3. The monoisotopic (exact) mass is 750 g/mol. The van der Waals surface area contributed by atoms with E-state index in [0.29, 0.717) is 24.1 Å². The minimum atomic E-state index is -2.36. The predicted octanol–water partition coefficient (Wildman–Crippen LogP) is 1.02. The van der Waals surface area contributed by atoms with Gasteiger partial charge in [0.2, 0.25) is 6.41 Å². The van der Waals surface area contributed by atoms with E-state index in [1.54, 1.807) is 18.9 Å². The standard InChI is InChI=1S/C35H31N2O5PS.HI/c1-41-27-19-17-25(18-20-27)21-42-35(40)32-26(23-44-34-31(36-24-38)33(39)37(32)34)22-43(28-11-5-2-6-12-28,29-13-7-3-8-14-29)30-15-9-4-10-16-30;/h2-20,24,31,34H,21-23H2,1H3;1H/t31?,34-;/m0./s1. The van der Waals surface area contributed by atoms with E-state index in [9.17, 15) is 14.4 Å². The number of thioether (sulfide) groups is 1. The van der Waals surface area contributed by atoms with Gasteiger partial charge >= 0.3 is 5.97 Å². The summed E-state index contributed by atoms with van der Waals surface area (Å²) in [6, 6.07) is 37.9. The highest BCUT2D eigenvalue weighted by atomic mass is 127. The first kappa shape index (κ1) is 32.7. The van der Waals surface area contributed by atoms with Crippen molar-refractivity contribution in [1.82, 2.24) is 10.2 Å². The zero-order valence-corrected chi connectivity index (χ0v) is 28.4. The topological polar surface area (TPSA) is 84.9 Å². The number of hydrogen-bond acceptors (Lipinski definition) is 6. The van der Waals surface area contributed by atoms with Crippen LogP contribution in [0.25, 0.3) is 0 Å². The molecule has 2 amide bonds. The van der Waals surface area contributed by atoms with E-state index in [1.165, 1.54) is 20.8 Å². The highest BCUT2D eigenvalue weighted by Crippen LogP contribution is 2.58. The molecule has 2 aliphatic heterocycles. The first-order valence-electron chi connectivity index (χ1n) is 14.3. The van der Waals surface area contributed by atoms with Crippen LogP contribution >= 0.6 is 19.0 Å². The molecule has 10 heteroatoms. The number of esters is 1. The van der Waals surface area contributed by atoms with Gasteiger partial charge in [-0.2, -0.15) is 0 Å². The van der Waals surface area contributed by atoms with Crippen LogP contribution in [0.3, 0.4) is 0 Å². The maximum absolute atomic E-state index is 14.0. The smallest absolute Gasteiger partial charge is 0.355 e. The van der Waals surface area contributed by atoms with Gasteiger partial charge < -0.3 is 38.8 Å². The van der Waals surface area contributed by atoms with Gasteiger partial charge in [0.05, 0.1) is 13.3 Å². The Kier molecular flexibility index (Phi) is 10.6. The molecule has 6 rings (SSSR count). The lowest BCUT2D eigenvalue weighted by Gasteiger charge is -2.49. The summed E-state index contributed by atoms with van der Waals surface area (Å²) in [5.74, 6) is 0.366. The summed E-state index contributed by atoms with van der Waals surface area (Å²) in [5.41, 5.74) is 1.94. The number of rotatable bonds is 11. The number of fused-ring (bicyclic) bond motifs is 1.